The molecule has 3 rings (SSSR count). The molecule has 1 aromatic rings. The van der Waals surface area contributed by atoms with E-state index in [9.17, 15) is 14.9 Å². The number of carbonyl (C=O) groups excluding carboxylic acids is 1. The van der Waals surface area contributed by atoms with E-state index in [1.54, 1.807) is 12.1 Å². The number of nitrogens with one attached hydrogen (secondary N) is 1. The topological polar surface area (TPSA) is 78.7 Å². The van der Waals surface area contributed by atoms with Gasteiger partial charge in [0, 0.05) is 44.2 Å². The Morgan fingerprint density at radius 1 is 1.25 bits per heavy atom. The van der Waals surface area contributed by atoms with E-state index in [4.69, 9.17) is 0 Å². The number of anilines is 1. The average Bonchev–Trinajstić information content (AvgIpc) is 2.71. The highest BCUT2D eigenvalue weighted by atomic mass is 16.6. The summed E-state index contributed by atoms with van der Waals surface area (Å²) >= 11 is 0. The zero-order chi connectivity index (χ0) is 20.1. The Labute approximate surface area is 167 Å². The van der Waals surface area contributed by atoms with Gasteiger partial charge in [-0.25, -0.2) is 0 Å². The fourth-order valence-corrected chi connectivity index (χ4v) is 4.42. The van der Waals surface area contributed by atoms with Gasteiger partial charge in [0.1, 0.15) is 5.69 Å². The number of nitro groups is 1. The summed E-state index contributed by atoms with van der Waals surface area (Å²) < 4.78 is 0. The van der Waals surface area contributed by atoms with Crippen molar-refractivity contribution < 1.29 is 9.72 Å². The van der Waals surface area contributed by atoms with Gasteiger partial charge in [0.2, 0.25) is 5.91 Å². The highest BCUT2D eigenvalue weighted by molar-refractivity contribution is 5.79. The molecule has 0 saturated carbocycles. The fraction of sp³-hybridized carbons (Fsp3) is 0.667. The molecule has 0 bridgehead atoms. The van der Waals surface area contributed by atoms with Gasteiger partial charge in [-0.1, -0.05) is 19.1 Å². The molecule has 154 valence electrons. The lowest BCUT2D eigenvalue weighted by Gasteiger charge is -2.36. The zero-order valence-electron chi connectivity index (χ0n) is 17.0. The van der Waals surface area contributed by atoms with Crippen LogP contribution in [0.5, 0.6) is 0 Å². The van der Waals surface area contributed by atoms with Gasteiger partial charge in [0.15, 0.2) is 0 Å². The van der Waals surface area contributed by atoms with Crippen molar-refractivity contribution in [3.63, 3.8) is 0 Å². The number of amides is 1. The number of likely N-dealkylation sites (tertiary alicyclic amines) is 1. The maximum atomic E-state index is 12.6. The van der Waals surface area contributed by atoms with E-state index in [1.165, 1.54) is 18.9 Å². The van der Waals surface area contributed by atoms with Gasteiger partial charge in [-0.15, -0.1) is 0 Å². The third-order valence-electron chi connectivity index (χ3n) is 6.17. The summed E-state index contributed by atoms with van der Waals surface area (Å²) in [6.07, 6.45) is 4.00. The Kier molecular flexibility index (Phi) is 6.88. The van der Waals surface area contributed by atoms with Gasteiger partial charge >= 0.3 is 0 Å². The number of nitrogens with zero attached hydrogens (tertiary/aromatic N) is 3. The van der Waals surface area contributed by atoms with E-state index in [1.807, 2.05) is 11.0 Å². The largest absolute Gasteiger partial charge is 0.366 e. The van der Waals surface area contributed by atoms with Crippen molar-refractivity contribution in [3.8, 4) is 0 Å². The Hall–Kier alpha value is -2.15. The molecule has 7 heteroatoms. The lowest BCUT2D eigenvalue weighted by Crippen LogP contribution is -2.48. The first kappa shape index (κ1) is 20.6. The quantitative estimate of drug-likeness (QED) is 0.599. The zero-order valence-corrected chi connectivity index (χ0v) is 17.0. The van der Waals surface area contributed by atoms with E-state index >= 15 is 0 Å². The number of hydrogen-bond donors (Lipinski definition) is 1. The van der Waals surface area contributed by atoms with Crippen LogP contribution in [0.15, 0.2) is 24.3 Å². The number of hydrogen-bond acceptors (Lipinski definition) is 5. The minimum absolute atomic E-state index is 0.00787. The first-order chi connectivity index (χ1) is 13.5. The van der Waals surface area contributed by atoms with Crippen molar-refractivity contribution in [2.75, 3.05) is 37.6 Å². The van der Waals surface area contributed by atoms with Crippen LogP contribution in [0.4, 0.5) is 11.4 Å². The Morgan fingerprint density at radius 2 is 1.96 bits per heavy atom. The van der Waals surface area contributed by atoms with E-state index in [0.717, 1.165) is 31.8 Å². The minimum atomic E-state index is -0.336. The highest BCUT2D eigenvalue weighted by Gasteiger charge is 2.28. The molecular formula is C21H32N4O3. The van der Waals surface area contributed by atoms with E-state index < -0.39 is 0 Å². The summed E-state index contributed by atoms with van der Waals surface area (Å²) in [5.74, 6) is 0.851. The molecule has 2 unspecified atom stereocenters. The predicted molar refractivity (Wildman–Crippen MR) is 110 cm³/mol. The summed E-state index contributed by atoms with van der Waals surface area (Å²) in [6, 6.07) is 7.20. The summed E-state index contributed by atoms with van der Waals surface area (Å²) in [6.45, 7) is 8.75. The number of benzene rings is 1. The molecular weight excluding hydrogens is 356 g/mol. The van der Waals surface area contributed by atoms with E-state index in [2.05, 4.69) is 24.1 Å². The highest BCUT2D eigenvalue weighted by Crippen LogP contribution is 2.31. The molecule has 2 aliphatic heterocycles. The third kappa shape index (κ3) is 5.01. The number of rotatable bonds is 6. The first-order valence-corrected chi connectivity index (χ1v) is 10.5. The molecule has 1 aromatic carbocycles. The maximum Gasteiger partial charge on any atom is 0.292 e. The Balaban J connectivity index is 1.47. The van der Waals surface area contributed by atoms with Crippen LogP contribution < -0.4 is 10.2 Å². The van der Waals surface area contributed by atoms with E-state index in [-0.39, 0.29) is 22.4 Å². The fourth-order valence-electron chi connectivity index (χ4n) is 4.42. The van der Waals surface area contributed by atoms with Gasteiger partial charge < -0.3 is 10.2 Å². The molecule has 2 fully saturated rings. The molecule has 2 saturated heterocycles. The predicted octanol–water partition coefficient (Wildman–Crippen LogP) is 3.05. The summed E-state index contributed by atoms with van der Waals surface area (Å²) in [5.41, 5.74) is 0.786. The first-order valence-electron chi connectivity index (χ1n) is 10.5. The molecule has 1 N–H and O–H groups in total. The van der Waals surface area contributed by atoms with Gasteiger partial charge in [-0.3, -0.25) is 19.8 Å². The molecule has 2 heterocycles. The summed E-state index contributed by atoms with van der Waals surface area (Å²) in [7, 11) is 0. The molecule has 0 radical (unpaired) electrons. The number of carbonyl (C=O) groups is 1. The van der Waals surface area contributed by atoms with Crippen molar-refractivity contribution >= 4 is 17.3 Å². The SMILES string of the molecule is CC1CCCN(C(C)CNC(=O)C2CCN(c3ccccc3[N+](=O)[O-])CC2)C1. The van der Waals surface area contributed by atoms with Crippen molar-refractivity contribution in [1.29, 1.82) is 0 Å². The Bertz CT molecular complexity index is 688. The normalized spacial score (nSPS) is 22.6. The molecule has 2 aliphatic rings. The lowest BCUT2D eigenvalue weighted by molar-refractivity contribution is -0.384. The molecule has 0 aromatic heterocycles. The molecule has 28 heavy (non-hydrogen) atoms. The average molecular weight is 389 g/mol. The number of piperidine rings is 2. The van der Waals surface area contributed by atoms with Crippen LogP contribution in [0, 0.1) is 22.0 Å². The number of nitro benzene ring substituents is 1. The van der Waals surface area contributed by atoms with Crippen LogP contribution in [-0.4, -0.2) is 54.5 Å². The van der Waals surface area contributed by atoms with Crippen LogP contribution in [-0.2, 0) is 4.79 Å². The monoisotopic (exact) mass is 388 g/mol. The second kappa shape index (κ2) is 9.37. The van der Waals surface area contributed by atoms with Crippen LogP contribution in [0.3, 0.4) is 0 Å². The van der Waals surface area contributed by atoms with Crippen LogP contribution >= 0.6 is 0 Å². The smallest absolute Gasteiger partial charge is 0.292 e. The molecule has 2 atom stereocenters. The van der Waals surface area contributed by atoms with Crippen molar-refractivity contribution in [3.05, 3.63) is 34.4 Å². The molecule has 0 spiro atoms. The van der Waals surface area contributed by atoms with Gasteiger partial charge in [0.25, 0.3) is 5.69 Å². The van der Waals surface area contributed by atoms with Gasteiger partial charge in [0.05, 0.1) is 4.92 Å². The van der Waals surface area contributed by atoms with Crippen LogP contribution in [0.2, 0.25) is 0 Å². The van der Waals surface area contributed by atoms with E-state index in [0.29, 0.717) is 31.4 Å². The summed E-state index contributed by atoms with van der Waals surface area (Å²) in [4.78, 5) is 28.0. The summed E-state index contributed by atoms with van der Waals surface area (Å²) in [5, 5.41) is 14.4. The van der Waals surface area contributed by atoms with Crippen molar-refractivity contribution in [2.45, 2.75) is 45.6 Å². The standard InChI is InChI=1S/C21H32N4O3/c1-16-6-5-11-24(15-16)17(2)14-22-21(26)18-9-12-23(13-10-18)19-7-3-4-8-20(19)25(27)28/h3-4,7-8,16-18H,5-6,9-15H2,1-2H3,(H,22,26). The second-order valence-corrected chi connectivity index (χ2v) is 8.34. The molecule has 0 aliphatic carbocycles. The van der Waals surface area contributed by atoms with Crippen molar-refractivity contribution in [2.24, 2.45) is 11.8 Å². The van der Waals surface area contributed by atoms with Gasteiger partial charge in [-0.05, 0) is 51.1 Å². The van der Waals surface area contributed by atoms with Crippen LogP contribution in [0.25, 0.3) is 0 Å². The van der Waals surface area contributed by atoms with Crippen LogP contribution in [0.1, 0.15) is 39.5 Å². The third-order valence-corrected chi connectivity index (χ3v) is 6.17. The molecule has 1 amide bonds. The van der Waals surface area contributed by atoms with Gasteiger partial charge in [-0.2, -0.15) is 0 Å². The second-order valence-electron chi connectivity index (χ2n) is 8.34. The Morgan fingerprint density at radius 3 is 2.64 bits per heavy atom. The maximum absolute atomic E-state index is 12.6. The molecule has 7 nitrogen and oxygen atoms in total. The number of para-hydroxylation sites is 2. The lowest BCUT2D eigenvalue weighted by atomic mass is 9.95. The minimum Gasteiger partial charge on any atom is -0.366 e. The van der Waals surface area contributed by atoms with Crippen molar-refractivity contribution in [1.82, 2.24) is 10.2 Å².